The molecule has 3 rings (SSSR count). The van der Waals surface area contributed by atoms with Gasteiger partial charge in [-0.05, 0) is 49.4 Å². The summed E-state index contributed by atoms with van der Waals surface area (Å²) in [5, 5.41) is 5.31. The van der Waals surface area contributed by atoms with Gasteiger partial charge in [0.25, 0.3) is 5.91 Å². The van der Waals surface area contributed by atoms with Crippen molar-refractivity contribution in [2.24, 2.45) is 0 Å². The fourth-order valence-corrected chi connectivity index (χ4v) is 2.62. The van der Waals surface area contributed by atoms with E-state index in [2.05, 4.69) is 15.6 Å². The van der Waals surface area contributed by atoms with Crippen molar-refractivity contribution in [1.29, 1.82) is 0 Å². The number of nitrogens with one attached hydrogen (secondary N) is 2. The first kappa shape index (κ1) is 20.1. The molecule has 0 aliphatic rings. The van der Waals surface area contributed by atoms with Crippen LogP contribution in [0.25, 0.3) is 0 Å². The minimum atomic E-state index is -4.59. The molecule has 0 fully saturated rings. The molecule has 0 atom stereocenters. The SMILES string of the molecule is CC(=O)c1ccc(Nc2cncc(C(=O)Nc3ccccc3C(F)(F)F)c2)cc1. The van der Waals surface area contributed by atoms with Crippen molar-refractivity contribution in [1.82, 2.24) is 4.98 Å². The molecular formula is C21H16F3N3O2. The van der Waals surface area contributed by atoms with Gasteiger partial charge < -0.3 is 10.6 Å². The van der Waals surface area contributed by atoms with Gasteiger partial charge in [0.2, 0.25) is 0 Å². The number of para-hydroxylation sites is 1. The van der Waals surface area contributed by atoms with Gasteiger partial charge in [0.05, 0.1) is 28.7 Å². The zero-order valence-electron chi connectivity index (χ0n) is 15.2. The second kappa shape index (κ2) is 8.14. The topological polar surface area (TPSA) is 71.1 Å². The van der Waals surface area contributed by atoms with Crippen LogP contribution in [0.1, 0.15) is 33.2 Å². The van der Waals surface area contributed by atoms with E-state index >= 15 is 0 Å². The first-order valence-corrected chi connectivity index (χ1v) is 8.55. The zero-order chi connectivity index (χ0) is 21.0. The molecule has 8 heteroatoms. The number of benzene rings is 2. The first-order valence-electron chi connectivity index (χ1n) is 8.55. The van der Waals surface area contributed by atoms with Crippen molar-refractivity contribution >= 4 is 28.8 Å². The summed E-state index contributed by atoms with van der Waals surface area (Å²) >= 11 is 0. The highest BCUT2D eigenvalue weighted by molar-refractivity contribution is 6.05. The van der Waals surface area contributed by atoms with Crippen LogP contribution in [-0.2, 0) is 6.18 Å². The molecule has 0 aliphatic carbocycles. The molecule has 0 saturated carbocycles. The molecule has 3 aromatic rings. The summed E-state index contributed by atoms with van der Waals surface area (Å²) < 4.78 is 39.3. The van der Waals surface area contributed by atoms with Gasteiger partial charge in [0.1, 0.15) is 0 Å². The van der Waals surface area contributed by atoms with Crippen LogP contribution >= 0.6 is 0 Å². The molecule has 2 aromatic carbocycles. The molecule has 148 valence electrons. The van der Waals surface area contributed by atoms with Gasteiger partial charge in [0.15, 0.2) is 5.78 Å². The maximum Gasteiger partial charge on any atom is 0.418 e. The molecular weight excluding hydrogens is 383 g/mol. The summed E-state index contributed by atoms with van der Waals surface area (Å²) in [7, 11) is 0. The number of hydrogen-bond donors (Lipinski definition) is 2. The Morgan fingerprint density at radius 3 is 2.24 bits per heavy atom. The molecule has 0 spiro atoms. The van der Waals surface area contributed by atoms with E-state index in [-0.39, 0.29) is 17.0 Å². The fraction of sp³-hybridized carbons (Fsp3) is 0.0952. The van der Waals surface area contributed by atoms with E-state index in [0.29, 0.717) is 16.9 Å². The maximum absolute atomic E-state index is 13.1. The minimum absolute atomic E-state index is 0.0592. The Kier molecular flexibility index (Phi) is 5.63. The number of amides is 1. The number of aromatic nitrogens is 1. The summed E-state index contributed by atoms with van der Waals surface area (Å²) in [6, 6.07) is 12.9. The van der Waals surface area contributed by atoms with Crippen molar-refractivity contribution in [3.63, 3.8) is 0 Å². The van der Waals surface area contributed by atoms with Crippen molar-refractivity contribution < 1.29 is 22.8 Å². The molecule has 29 heavy (non-hydrogen) atoms. The van der Waals surface area contributed by atoms with Gasteiger partial charge in [0, 0.05) is 17.4 Å². The summed E-state index contributed by atoms with van der Waals surface area (Å²) in [4.78, 5) is 27.7. The second-order valence-electron chi connectivity index (χ2n) is 6.22. The molecule has 5 nitrogen and oxygen atoms in total. The summed E-state index contributed by atoms with van der Waals surface area (Å²) in [5.74, 6) is -0.777. The van der Waals surface area contributed by atoms with Gasteiger partial charge >= 0.3 is 6.18 Å². The predicted molar refractivity (Wildman–Crippen MR) is 103 cm³/mol. The summed E-state index contributed by atoms with van der Waals surface area (Å²) in [6.07, 6.45) is -1.85. The van der Waals surface area contributed by atoms with Gasteiger partial charge in [-0.25, -0.2) is 0 Å². The third-order valence-electron chi connectivity index (χ3n) is 4.06. The number of halogens is 3. The van der Waals surface area contributed by atoms with Gasteiger partial charge in [-0.1, -0.05) is 12.1 Å². The predicted octanol–water partition coefficient (Wildman–Crippen LogP) is 5.30. The van der Waals surface area contributed by atoms with Crippen LogP contribution in [0, 0.1) is 0 Å². The van der Waals surface area contributed by atoms with Crippen LogP contribution in [0.4, 0.5) is 30.2 Å². The van der Waals surface area contributed by atoms with Crippen LogP contribution in [-0.4, -0.2) is 16.7 Å². The first-order chi connectivity index (χ1) is 13.7. The molecule has 0 bridgehead atoms. The highest BCUT2D eigenvalue weighted by atomic mass is 19.4. The maximum atomic E-state index is 13.1. The third-order valence-corrected chi connectivity index (χ3v) is 4.06. The number of ketones is 1. The largest absolute Gasteiger partial charge is 0.418 e. The Labute approximate surface area is 164 Å². The second-order valence-corrected chi connectivity index (χ2v) is 6.22. The van der Waals surface area contributed by atoms with Crippen LogP contribution < -0.4 is 10.6 Å². The number of rotatable bonds is 5. The Balaban J connectivity index is 1.77. The van der Waals surface area contributed by atoms with E-state index in [1.165, 1.54) is 43.6 Å². The highest BCUT2D eigenvalue weighted by Crippen LogP contribution is 2.34. The lowest BCUT2D eigenvalue weighted by Gasteiger charge is -2.14. The Bertz CT molecular complexity index is 1050. The number of pyridine rings is 1. The minimum Gasteiger partial charge on any atom is -0.354 e. The smallest absolute Gasteiger partial charge is 0.354 e. The standard InChI is InChI=1S/C21H16F3N3O2/c1-13(28)14-6-8-16(9-7-14)26-17-10-15(11-25-12-17)20(29)27-19-5-3-2-4-18(19)21(22,23)24/h2-12,26H,1H3,(H,27,29). The number of alkyl halides is 3. The molecule has 0 aliphatic heterocycles. The Morgan fingerprint density at radius 1 is 0.897 bits per heavy atom. The zero-order valence-corrected chi connectivity index (χ0v) is 15.2. The van der Waals surface area contributed by atoms with Crippen molar-refractivity contribution in [2.45, 2.75) is 13.1 Å². The average molecular weight is 399 g/mol. The van der Waals surface area contributed by atoms with Crippen molar-refractivity contribution in [3.05, 3.63) is 83.7 Å². The van der Waals surface area contributed by atoms with Crippen LogP contribution in [0.15, 0.2) is 67.0 Å². The number of carbonyl (C=O) groups is 2. The number of hydrogen-bond acceptors (Lipinski definition) is 4. The molecule has 1 amide bonds. The lowest BCUT2D eigenvalue weighted by Crippen LogP contribution is -2.17. The van der Waals surface area contributed by atoms with Crippen molar-refractivity contribution in [3.8, 4) is 0 Å². The molecule has 2 N–H and O–H groups in total. The third kappa shape index (κ3) is 4.98. The van der Waals surface area contributed by atoms with Crippen LogP contribution in [0.3, 0.4) is 0 Å². The summed E-state index contributed by atoms with van der Waals surface area (Å²) in [5.41, 5.74) is 0.524. The van der Waals surface area contributed by atoms with Gasteiger partial charge in [-0.3, -0.25) is 14.6 Å². The van der Waals surface area contributed by atoms with E-state index in [0.717, 1.165) is 6.07 Å². The van der Waals surface area contributed by atoms with Gasteiger partial charge in [-0.2, -0.15) is 13.2 Å². The van der Waals surface area contributed by atoms with Gasteiger partial charge in [-0.15, -0.1) is 0 Å². The molecule has 0 radical (unpaired) electrons. The highest BCUT2D eigenvalue weighted by Gasteiger charge is 2.33. The van der Waals surface area contributed by atoms with E-state index in [4.69, 9.17) is 0 Å². The Hall–Kier alpha value is -3.68. The monoisotopic (exact) mass is 399 g/mol. The van der Waals surface area contributed by atoms with E-state index in [1.54, 1.807) is 24.3 Å². The van der Waals surface area contributed by atoms with E-state index in [9.17, 15) is 22.8 Å². The fourth-order valence-electron chi connectivity index (χ4n) is 2.62. The average Bonchev–Trinajstić information content (AvgIpc) is 2.68. The summed E-state index contributed by atoms with van der Waals surface area (Å²) in [6.45, 7) is 1.46. The number of anilines is 3. The van der Waals surface area contributed by atoms with Crippen LogP contribution in [0.2, 0.25) is 0 Å². The lowest BCUT2D eigenvalue weighted by molar-refractivity contribution is -0.136. The van der Waals surface area contributed by atoms with E-state index in [1.807, 2.05) is 0 Å². The quantitative estimate of drug-likeness (QED) is 0.571. The number of nitrogens with zero attached hydrogens (tertiary/aromatic N) is 1. The number of carbonyl (C=O) groups excluding carboxylic acids is 2. The lowest BCUT2D eigenvalue weighted by atomic mass is 10.1. The Morgan fingerprint density at radius 2 is 1.59 bits per heavy atom. The normalized spacial score (nSPS) is 11.0. The molecule has 1 aromatic heterocycles. The number of Topliss-reactive ketones (excluding diaryl/α,β-unsaturated/α-hetero) is 1. The van der Waals surface area contributed by atoms with E-state index < -0.39 is 17.6 Å². The molecule has 0 saturated heterocycles. The van der Waals surface area contributed by atoms with Crippen LogP contribution in [0.5, 0.6) is 0 Å². The molecule has 1 heterocycles. The van der Waals surface area contributed by atoms with Crippen molar-refractivity contribution in [2.75, 3.05) is 10.6 Å². The molecule has 0 unspecified atom stereocenters.